The number of aromatic hydroxyl groups is 1. The van der Waals surface area contributed by atoms with Gasteiger partial charge in [0.05, 0.1) is 11.4 Å². The van der Waals surface area contributed by atoms with Crippen LogP contribution in [-0.2, 0) is 0 Å². The molecule has 0 saturated heterocycles. The molecule has 0 bridgehead atoms. The normalized spacial score (nSPS) is 20.1. The van der Waals surface area contributed by atoms with Gasteiger partial charge in [-0.25, -0.2) is 0 Å². The molecule has 6 aromatic carbocycles. The van der Waals surface area contributed by atoms with Gasteiger partial charge in [-0.1, -0.05) is 84.9 Å². The van der Waals surface area contributed by atoms with E-state index in [1.165, 1.54) is 0 Å². The van der Waals surface area contributed by atoms with Gasteiger partial charge in [0.15, 0.2) is 0 Å². The molecule has 0 aliphatic heterocycles. The molecule has 0 radical (unpaired) electrons. The van der Waals surface area contributed by atoms with E-state index < -0.39 is 24.0 Å². The summed E-state index contributed by atoms with van der Waals surface area (Å²) < 4.78 is 0. The van der Waals surface area contributed by atoms with Gasteiger partial charge in [0.2, 0.25) is 0 Å². The van der Waals surface area contributed by atoms with E-state index >= 15 is 0 Å². The lowest BCUT2D eigenvalue weighted by Crippen LogP contribution is -2.63. The molecule has 1 aliphatic rings. The van der Waals surface area contributed by atoms with Crippen molar-refractivity contribution in [3.63, 3.8) is 0 Å². The van der Waals surface area contributed by atoms with Crippen molar-refractivity contribution in [3.8, 4) is 5.75 Å². The van der Waals surface area contributed by atoms with Gasteiger partial charge < -0.3 is 25.1 Å². The third kappa shape index (κ3) is 3.92. The van der Waals surface area contributed by atoms with Gasteiger partial charge >= 0.3 is 0 Å². The topological polar surface area (TPSA) is 72.8 Å². The summed E-state index contributed by atoms with van der Waals surface area (Å²) in [6, 6.07) is 29.9. The van der Waals surface area contributed by atoms with Crippen molar-refractivity contribution < 1.29 is 15.3 Å². The van der Waals surface area contributed by atoms with Crippen LogP contribution in [0.3, 0.4) is 0 Å². The summed E-state index contributed by atoms with van der Waals surface area (Å²) in [6.07, 6.45) is -2.32. The molecule has 0 spiro atoms. The fourth-order valence-electron chi connectivity index (χ4n) is 7.76. The fraction of sp³-hybridized carbons (Fsp3) is 0.263. The van der Waals surface area contributed by atoms with Gasteiger partial charge in [-0.2, -0.15) is 0 Å². The van der Waals surface area contributed by atoms with Crippen molar-refractivity contribution in [1.82, 2.24) is 0 Å². The Kier molecular flexibility index (Phi) is 6.68. The average molecular weight is 569 g/mol. The van der Waals surface area contributed by atoms with Crippen LogP contribution in [0, 0.1) is 0 Å². The minimum atomic E-state index is -1.16. The zero-order valence-electron chi connectivity index (χ0n) is 25.0. The van der Waals surface area contributed by atoms with E-state index in [9.17, 15) is 15.3 Å². The van der Waals surface area contributed by atoms with Crippen LogP contribution in [0.5, 0.6) is 5.75 Å². The first-order chi connectivity index (χ1) is 20.9. The zero-order chi connectivity index (χ0) is 30.0. The summed E-state index contributed by atoms with van der Waals surface area (Å²) >= 11 is 0. The summed E-state index contributed by atoms with van der Waals surface area (Å²) in [4.78, 5) is 4.39. The Labute approximate surface area is 252 Å². The van der Waals surface area contributed by atoms with Gasteiger partial charge in [-0.3, -0.25) is 0 Å². The Hall–Kier alpha value is -4.32. The number of phenols is 1. The average Bonchev–Trinajstić information content (AvgIpc) is 3.02. The lowest BCUT2D eigenvalue weighted by Gasteiger charge is -2.62. The highest BCUT2D eigenvalue weighted by molar-refractivity contribution is 6.17. The maximum Gasteiger partial charge on any atom is 0.123 e. The molecular formula is C38H36N2O3-2. The molecule has 1 fully saturated rings. The molecule has 43 heavy (non-hydrogen) atoms. The van der Waals surface area contributed by atoms with Crippen molar-refractivity contribution in [2.24, 2.45) is 0 Å². The van der Waals surface area contributed by atoms with Crippen molar-refractivity contribution >= 4 is 54.5 Å². The molecule has 2 unspecified atom stereocenters. The SMILES string of the molecule is CCN(CC)c1c2ccccc2c(C2C([O-])C(c3c4ccccc4c(N(C)C)c4cccc(O)c34)C2[O-])c2ccccc12. The van der Waals surface area contributed by atoms with E-state index in [0.717, 1.165) is 67.7 Å². The third-order valence-corrected chi connectivity index (χ3v) is 9.59. The Balaban J connectivity index is 1.48. The highest BCUT2D eigenvalue weighted by atomic mass is 16.3. The zero-order valence-corrected chi connectivity index (χ0v) is 25.0. The number of rotatable bonds is 6. The van der Waals surface area contributed by atoms with Crippen molar-refractivity contribution in [1.29, 1.82) is 0 Å². The second-order valence-corrected chi connectivity index (χ2v) is 11.9. The minimum absolute atomic E-state index is 0.101. The molecule has 5 heteroatoms. The van der Waals surface area contributed by atoms with Gasteiger partial charge in [0.25, 0.3) is 0 Å². The number of benzene rings is 6. The molecule has 1 N–H and O–H groups in total. The van der Waals surface area contributed by atoms with Crippen LogP contribution >= 0.6 is 0 Å². The largest absolute Gasteiger partial charge is 0.851 e. The van der Waals surface area contributed by atoms with Crippen molar-refractivity contribution in [2.75, 3.05) is 37.0 Å². The molecule has 1 saturated carbocycles. The van der Waals surface area contributed by atoms with Gasteiger partial charge in [0, 0.05) is 54.1 Å². The predicted octanol–water partition coefficient (Wildman–Crippen LogP) is 6.26. The molecule has 218 valence electrons. The molecule has 5 nitrogen and oxygen atoms in total. The van der Waals surface area contributed by atoms with E-state index in [-0.39, 0.29) is 5.75 Å². The maximum atomic E-state index is 14.6. The molecule has 6 aromatic rings. The maximum absolute atomic E-state index is 14.6. The first-order valence-electron chi connectivity index (χ1n) is 15.2. The first-order valence-corrected chi connectivity index (χ1v) is 15.2. The molecule has 2 atom stereocenters. The second kappa shape index (κ2) is 10.4. The molecule has 0 amide bonds. The van der Waals surface area contributed by atoms with E-state index in [1.807, 2.05) is 79.7 Å². The Morgan fingerprint density at radius 1 is 0.558 bits per heavy atom. The summed E-state index contributed by atoms with van der Waals surface area (Å²) in [5.74, 6) is -1.40. The van der Waals surface area contributed by atoms with Crippen LogP contribution in [0.1, 0.15) is 36.8 Å². The number of nitrogens with zero attached hydrogens (tertiary/aromatic N) is 2. The van der Waals surface area contributed by atoms with Crippen molar-refractivity contribution in [3.05, 3.63) is 102 Å². The number of phenolic OH excluding ortho intramolecular Hbond substituents is 1. The van der Waals surface area contributed by atoms with Gasteiger partial charge in [0.1, 0.15) is 5.75 Å². The summed E-state index contributed by atoms with van der Waals surface area (Å²) in [6.45, 7) is 6.03. The van der Waals surface area contributed by atoms with Crippen molar-refractivity contribution in [2.45, 2.75) is 37.9 Å². The van der Waals surface area contributed by atoms with Crippen LogP contribution in [0.2, 0.25) is 0 Å². The quantitative estimate of drug-likeness (QED) is 0.240. The number of anilines is 2. The summed E-state index contributed by atoms with van der Waals surface area (Å²) in [5.41, 5.74) is 3.66. The molecule has 0 heterocycles. The monoisotopic (exact) mass is 568 g/mol. The minimum Gasteiger partial charge on any atom is -0.851 e. The third-order valence-electron chi connectivity index (χ3n) is 9.59. The Morgan fingerprint density at radius 3 is 1.47 bits per heavy atom. The molecule has 7 rings (SSSR count). The van der Waals surface area contributed by atoms with Crippen LogP contribution in [0.25, 0.3) is 43.1 Å². The standard InChI is InChI=1S/C38H36N2O3/c1-5-40(6-2)36-26-18-11-7-14-22(26)30(23-15-8-12-19-27(23)36)33-37(42)34(38(33)43)32-24-16-9-10-17-25(24)35(39(3)4)28-20-13-21-29(41)31(28)32/h7-21,33-34,37-38,41H,5-6H2,1-4H3/q-2. The smallest absolute Gasteiger partial charge is 0.123 e. The highest BCUT2D eigenvalue weighted by Gasteiger charge is 2.42. The van der Waals surface area contributed by atoms with E-state index in [2.05, 4.69) is 43.0 Å². The molecular weight excluding hydrogens is 532 g/mol. The van der Waals surface area contributed by atoms with E-state index in [0.29, 0.717) is 10.9 Å². The Bertz CT molecular complexity index is 1950. The van der Waals surface area contributed by atoms with Gasteiger partial charge in [-0.15, -0.1) is 12.2 Å². The lowest BCUT2D eigenvalue weighted by atomic mass is 9.60. The van der Waals surface area contributed by atoms with Gasteiger partial charge in [-0.05, 0) is 59.0 Å². The summed E-state index contributed by atoms with van der Waals surface area (Å²) in [7, 11) is 3.96. The number of hydrogen-bond acceptors (Lipinski definition) is 5. The first kappa shape index (κ1) is 27.5. The highest BCUT2D eigenvalue weighted by Crippen LogP contribution is 2.55. The number of hydrogen-bond donors (Lipinski definition) is 1. The second-order valence-electron chi connectivity index (χ2n) is 11.9. The lowest BCUT2D eigenvalue weighted by molar-refractivity contribution is -0.535. The van der Waals surface area contributed by atoms with Crippen LogP contribution in [0.4, 0.5) is 11.4 Å². The van der Waals surface area contributed by atoms with Crippen LogP contribution in [-0.4, -0.2) is 44.5 Å². The predicted molar refractivity (Wildman–Crippen MR) is 176 cm³/mol. The fourth-order valence-corrected chi connectivity index (χ4v) is 7.76. The molecule has 0 aromatic heterocycles. The van der Waals surface area contributed by atoms with Crippen LogP contribution < -0.4 is 20.0 Å². The molecule has 1 aliphatic carbocycles. The Morgan fingerprint density at radius 2 is 0.977 bits per heavy atom. The summed E-state index contributed by atoms with van der Waals surface area (Å²) in [5, 5.41) is 47.8. The van der Waals surface area contributed by atoms with Crippen LogP contribution in [0.15, 0.2) is 91.0 Å². The van der Waals surface area contributed by atoms with E-state index in [4.69, 9.17) is 0 Å². The number of fused-ring (bicyclic) bond motifs is 4. The van der Waals surface area contributed by atoms with E-state index in [1.54, 1.807) is 6.07 Å².